The van der Waals surface area contributed by atoms with E-state index in [4.69, 9.17) is 10.8 Å². The second-order valence-corrected chi connectivity index (χ2v) is 4.29. The highest BCUT2D eigenvalue weighted by Crippen LogP contribution is 2.15. The van der Waals surface area contributed by atoms with E-state index in [-0.39, 0.29) is 11.5 Å². The molecule has 6 heteroatoms. The molecule has 20 heavy (non-hydrogen) atoms. The van der Waals surface area contributed by atoms with E-state index in [9.17, 15) is 9.59 Å². The van der Waals surface area contributed by atoms with Crippen molar-refractivity contribution in [2.24, 2.45) is 0 Å². The van der Waals surface area contributed by atoms with Crippen LogP contribution in [0.15, 0.2) is 36.7 Å². The number of aromatic carboxylic acids is 1. The number of aromatic nitrogens is 1. The van der Waals surface area contributed by atoms with Crippen molar-refractivity contribution >= 4 is 23.3 Å². The summed E-state index contributed by atoms with van der Waals surface area (Å²) in [6.45, 7) is 1.80. The number of hydrogen-bond acceptors (Lipinski definition) is 4. The summed E-state index contributed by atoms with van der Waals surface area (Å²) in [6, 6.07) is 6.26. The van der Waals surface area contributed by atoms with Crippen LogP contribution in [0.3, 0.4) is 0 Å². The molecule has 0 bridgehead atoms. The van der Waals surface area contributed by atoms with Gasteiger partial charge in [0.15, 0.2) is 0 Å². The summed E-state index contributed by atoms with van der Waals surface area (Å²) in [4.78, 5) is 26.6. The predicted octanol–water partition coefficient (Wildman–Crippen LogP) is 1.92. The van der Waals surface area contributed by atoms with E-state index in [1.54, 1.807) is 25.1 Å². The Labute approximate surface area is 115 Å². The molecule has 0 spiro atoms. The first kappa shape index (κ1) is 13.5. The number of carbonyl (C=O) groups excluding carboxylic acids is 1. The number of pyridine rings is 1. The third kappa shape index (κ3) is 2.92. The van der Waals surface area contributed by atoms with Crippen LogP contribution in [0.1, 0.15) is 26.3 Å². The maximum absolute atomic E-state index is 12.0. The minimum atomic E-state index is -1.10. The largest absolute Gasteiger partial charge is 0.478 e. The van der Waals surface area contributed by atoms with Crippen LogP contribution in [-0.4, -0.2) is 22.0 Å². The van der Waals surface area contributed by atoms with E-state index < -0.39 is 5.97 Å². The molecule has 0 aliphatic carbocycles. The van der Waals surface area contributed by atoms with E-state index in [1.165, 1.54) is 18.5 Å². The van der Waals surface area contributed by atoms with Crippen LogP contribution in [0.25, 0.3) is 0 Å². The number of aryl methyl sites for hydroxylation is 1. The standard InChI is InChI=1S/C14H13N3O3/c1-8-4-9(2-3-12(8)15)13(18)17-11-5-10(14(19)20)6-16-7-11/h2-7H,15H2,1H3,(H,17,18)(H,19,20). The number of nitrogens with two attached hydrogens (primary N) is 1. The van der Waals surface area contributed by atoms with Crippen molar-refractivity contribution in [3.63, 3.8) is 0 Å². The van der Waals surface area contributed by atoms with Gasteiger partial charge < -0.3 is 16.2 Å². The van der Waals surface area contributed by atoms with Crippen molar-refractivity contribution < 1.29 is 14.7 Å². The number of nitrogens with one attached hydrogen (secondary N) is 1. The van der Waals surface area contributed by atoms with Crippen LogP contribution in [0, 0.1) is 6.92 Å². The van der Waals surface area contributed by atoms with Crippen LogP contribution in [0.2, 0.25) is 0 Å². The molecule has 2 aromatic rings. The Morgan fingerprint density at radius 2 is 1.95 bits per heavy atom. The van der Waals surface area contributed by atoms with Crippen molar-refractivity contribution in [2.75, 3.05) is 11.1 Å². The molecule has 1 aromatic carbocycles. The number of carboxylic acid groups (broad SMARTS) is 1. The molecule has 0 atom stereocenters. The quantitative estimate of drug-likeness (QED) is 0.739. The number of amides is 1. The van der Waals surface area contributed by atoms with Gasteiger partial charge in [-0.2, -0.15) is 0 Å². The maximum atomic E-state index is 12.0. The number of hydrogen-bond donors (Lipinski definition) is 3. The van der Waals surface area contributed by atoms with Gasteiger partial charge in [0.05, 0.1) is 17.4 Å². The zero-order valence-electron chi connectivity index (χ0n) is 10.8. The molecule has 102 valence electrons. The number of nitrogen functional groups attached to an aromatic ring is 1. The van der Waals surface area contributed by atoms with Gasteiger partial charge in [-0.3, -0.25) is 9.78 Å². The SMILES string of the molecule is Cc1cc(C(=O)Nc2cncc(C(=O)O)c2)ccc1N. The Bertz CT molecular complexity index is 683. The summed E-state index contributed by atoms with van der Waals surface area (Å²) in [5.74, 6) is -1.45. The van der Waals surface area contributed by atoms with Gasteiger partial charge in [-0.05, 0) is 36.8 Å². The Kier molecular flexibility index (Phi) is 3.65. The fourth-order valence-corrected chi connectivity index (χ4v) is 1.65. The highest BCUT2D eigenvalue weighted by molar-refractivity contribution is 6.05. The molecular formula is C14H13N3O3. The van der Waals surface area contributed by atoms with Crippen molar-refractivity contribution in [1.82, 2.24) is 4.98 Å². The average molecular weight is 271 g/mol. The first-order valence-corrected chi connectivity index (χ1v) is 5.83. The summed E-state index contributed by atoms with van der Waals surface area (Å²) >= 11 is 0. The monoisotopic (exact) mass is 271 g/mol. The molecule has 0 saturated heterocycles. The van der Waals surface area contributed by atoms with E-state index in [2.05, 4.69) is 10.3 Å². The molecule has 0 fully saturated rings. The van der Waals surface area contributed by atoms with Gasteiger partial charge in [-0.25, -0.2) is 4.79 Å². The first-order chi connectivity index (χ1) is 9.47. The van der Waals surface area contributed by atoms with Crippen LogP contribution in [0.5, 0.6) is 0 Å². The van der Waals surface area contributed by atoms with Crippen LogP contribution in [0.4, 0.5) is 11.4 Å². The number of anilines is 2. The third-order valence-electron chi connectivity index (χ3n) is 2.78. The van der Waals surface area contributed by atoms with E-state index >= 15 is 0 Å². The first-order valence-electron chi connectivity index (χ1n) is 5.83. The van der Waals surface area contributed by atoms with Crippen LogP contribution in [-0.2, 0) is 0 Å². The van der Waals surface area contributed by atoms with Crippen LogP contribution < -0.4 is 11.1 Å². The second kappa shape index (κ2) is 5.40. The third-order valence-corrected chi connectivity index (χ3v) is 2.78. The molecule has 6 nitrogen and oxygen atoms in total. The van der Waals surface area contributed by atoms with Crippen LogP contribution >= 0.6 is 0 Å². The lowest BCUT2D eigenvalue weighted by Crippen LogP contribution is -2.13. The molecule has 0 unspecified atom stereocenters. The number of rotatable bonds is 3. The van der Waals surface area contributed by atoms with Gasteiger partial charge in [-0.15, -0.1) is 0 Å². The zero-order valence-corrected chi connectivity index (χ0v) is 10.8. The smallest absolute Gasteiger partial charge is 0.337 e. The zero-order chi connectivity index (χ0) is 14.7. The second-order valence-electron chi connectivity index (χ2n) is 4.29. The molecule has 0 radical (unpaired) electrons. The lowest BCUT2D eigenvalue weighted by Gasteiger charge is -2.07. The number of carbonyl (C=O) groups is 2. The number of carboxylic acids is 1. The molecular weight excluding hydrogens is 258 g/mol. The van der Waals surface area contributed by atoms with Gasteiger partial charge in [0.1, 0.15) is 0 Å². The number of benzene rings is 1. The van der Waals surface area contributed by atoms with E-state index in [0.717, 1.165) is 5.56 Å². The van der Waals surface area contributed by atoms with Gasteiger partial charge in [0.25, 0.3) is 5.91 Å². The van der Waals surface area contributed by atoms with Crippen molar-refractivity contribution in [1.29, 1.82) is 0 Å². The summed E-state index contributed by atoms with van der Waals surface area (Å²) in [5, 5.41) is 11.5. The molecule has 2 rings (SSSR count). The summed E-state index contributed by atoms with van der Waals surface area (Å²) < 4.78 is 0. The average Bonchev–Trinajstić information content (AvgIpc) is 2.42. The highest BCUT2D eigenvalue weighted by atomic mass is 16.4. The topological polar surface area (TPSA) is 105 Å². The minimum Gasteiger partial charge on any atom is -0.478 e. The molecule has 0 aliphatic heterocycles. The molecule has 1 amide bonds. The van der Waals surface area contributed by atoms with Crippen molar-refractivity contribution in [2.45, 2.75) is 6.92 Å². The summed E-state index contributed by atoms with van der Waals surface area (Å²) in [7, 11) is 0. The molecule has 4 N–H and O–H groups in total. The molecule has 1 heterocycles. The van der Waals surface area contributed by atoms with Crippen molar-refractivity contribution in [3.8, 4) is 0 Å². The minimum absolute atomic E-state index is 0.0105. The maximum Gasteiger partial charge on any atom is 0.337 e. The molecule has 0 saturated carbocycles. The fourth-order valence-electron chi connectivity index (χ4n) is 1.65. The van der Waals surface area contributed by atoms with Gasteiger partial charge in [-0.1, -0.05) is 0 Å². The van der Waals surface area contributed by atoms with Gasteiger partial charge >= 0.3 is 5.97 Å². The lowest BCUT2D eigenvalue weighted by atomic mass is 10.1. The van der Waals surface area contributed by atoms with E-state index in [1.807, 2.05) is 0 Å². The summed E-state index contributed by atoms with van der Waals surface area (Å²) in [5.41, 5.74) is 7.87. The Morgan fingerprint density at radius 1 is 1.20 bits per heavy atom. The number of nitrogens with zero attached hydrogens (tertiary/aromatic N) is 1. The highest BCUT2D eigenvalue weighted by Gasteiger charge is 2.09. The fraction of sp³-hybridized carbons (Fsp3) is 0.0714. The predicted molar refractivity (Wildman–Crippen MR) is 74.7 cm³/mol. The Balaban J connectivity index is 2.21. The molecule has 1 aromatic heterocycles. The van der Waals surface area contributed by atoms with Gasteiger partial charge in [0, 0.05) is 17.4 Å². The van der Waals surface area contributed by atoms with Crippen molar-refractivity contribution in [3.05, 3.63) is 53.3 Å². The molecule has 0 aliphatic rings. The Morgan fingerprint density at radius 3 is 2.60 bits per heavy atom. The normalized spacial score (nSPS) is 10.1. The summed E-state index contributed by atoms with van der Waals surface area (Å²) in [6.07, 6.45) is 2.60. The Hall–Kier alpha value is -2.89. The van der Waals surface area contributed by atoms with E-state index in [0.29, 0.717) is 16.9 Å². The van der Waals surface area contributed by atoms with Gasteiger partial charge in [0.2, 0.25) is 0 Å². The lowest BCUT2D eigenvalue weighted by molar-refractivity contribution is 0.0696.